The largest absolute Gasteiger partial charge is 0.339 e. The summed E-state index contributed by atoms with van der Waals surface area (Å²) in [6.45, 7) is 7.16. The van der Waals surface area contributed by atoms with E-state index in [9.17, 15) is 10.5 Å². The summed E-state index contributed by atoms with van der Waals surface area (Å²) >= 11 is 4.74. The number of rotatable bonds is 6. The van der Waals surface area contributed by atoms with Crippen LogP contribution in [-0.2, 0) is 6.54 Å². The van der Waals surface area contributed by atoms with Crippen molar-refractivity contribution in [2.45, 2.75) is 33.7 Å². The van der Waals surface area contributed by atoms with Crippen LogP contribution >= 0.6 is 34.0 Å². The third kappa shape index (κ3) is 4.01. The quantitative estimate of drug-likeness (QED) is 0.268. The maximum absolute atomic E-state index is 9.69. The lowest BCUT2D eigenvalue weighted by atomic mass is 10.0. The Morgan fingerprint density at radius 1 is 0.969 bits per heavy atom. The van der Waals surface area contributed by atoms with E-state index in [1.54, 1.807) is 28.7 Å². The van der Waals surface area contributed by atoms with E-state index in [0.29, 0.717) is 10.5 Å². The van der Waals surface area contributed by atoms with Crippen LogP contribution in [0.4, 0.5) is 0 Å². The molecule has 0 amide bonds. The summed E-state index contributed by atoms with van der Waals surface area (Å²) in [4.78, 5) is 3.53. The number of thiophene rings is 3. The highest BCUT2D eigenvalue weighted by atomic mass is 32.1. The summed E-state index contributed by atoms with van der Waals surface area (Å²) in [5, 5.41) is 28.2. The van der Waals surface area contributed by atoms with Gasteiger partial charge in [0.05, 0.1) is 32.1 Å². The highest BCUT2D eigenvalue weighted by Crippen LogP contribution is 2.42. The molecule has 4 heterocycles. The molecule has 0 N–H and O–H groups in total. The number of aromatic nitrogens is 1. The number of hydrogen-bond acceptors (Lipinski definition) is 6. The lowest BCUT2D eigenvalue weighted by Gasteiger charge is -2.02. The van der Waals surface area contributed by atoms with E-state index in [0.717, 1.165) is 33.2 Å². The molecule has 4 rings (SSSR count). The van der Waals surface area contributed by atoms with Crippen molar-refractivity contribution in [3.63, 3.8) is 0 Å². The van der Waals surface area contributed by atoms with Crippen LogP contribution in [-0.4, -0.2) is 4.57 Å². The maximum Gasteiger partial charge on any atom is 0.110 e. The second kappa shape index (κ2) is 9.15. The molecular formula is C25H20N4S3. The van der Waals surface area contributed by atoms with Gasteiger partial charge in [-0.05, 0) is 48.8 Å². The molecule has 4 aromatic heterocycles. The predicted octanol–water partition coefficient (Wildman–Crippen LogP) is 7.89. The van der Waals surface area contributed by atoms with E-state index in [4.69, 9.17) is 5.26 Å². The van der Waals surface area contributed by atoms with Gasteiger partial charge in [-0.1, -0.05) is 20.8 Å². The summed E-state index contributed by atoms with van der Waals surface area (Å²) in [6, 6.07) is 14.7. The molecule has 0 atom stereocenters. The minimum atomic E-state index is 0.195. The van der Waals surface area contributed by atoms with Crippen LogP contribution in [0.15, 0.2) is 29.8 Å². The molecular weight excluding hydrogens is 453 g/mol. The van der Waals surface area contributed by atoms with E-state index in [1.807, 2.05) is 32.1 Å². The molecule has 0 radical (unpaired) electrons. The highest BCUT2D eigenvalue weighted by molar-refractivity contribution is 7.28. The fraction of sp³-hybridized carbons (Fsp3) is 0.240. The number of hydrogen-bond donors (Lipinski definition) is 0. The Bertz CT molecular complexity index is 1500. The summed E-state index contributed by atoms with van der Waals surface area (Å²) in [7, 11) is 0. The van der Waals surface area contributed by atoms with Gasteiger partial charge in [0.2, 0.25) is 0 Å². The highest BCUT2D eigenvalue weighted by Gasteiger charge is 2.17. The second-order valence-corrected chi connectivity index (χ2v) is 10.9. The minimum absolute atomic E-state index is 0.195. The molecule has 0 spiro atoms. The average molecular weight is 473 g/mol. The normalized spacial score (nSPS) is 12.4. The van der Waals surface area contributed by atoms with Crippen molar-refractivity contribution in [3.05, 3.63) is 49.3 Å². The van der Waals surface area contributed by atoms with Crippen molar-refractivity contribution in [2.24, 2.45) is 5.92 Å². The van der Waals surface area contributed by atoms with Gasteiger partial charge >= 0.3 is 0 Å². The molecule has 0 aliphatic heterocycles. The molecule has 0 saturated heterocycles. The van der Waals surface area contributed by atoms with Crippen LogP contribution in [0.1, 0.15) is 46.7 Å². The third-order valence-electron chi connectivity index (χ3n) is 5.14. The first-order chi connectivity index (χ1) is 15.5. The molecule has 0 unspecified atom stereocenters. The maximum atomic E-state index is 9.69. The lowest BCUT2D eigenvalue weighted by molar-refractivity contribution is 0.724. The standard InChI is InChI=1S/C25H20N4S3/c1-4-7-29-21-10-19(8-16(12-26)15(2)3)31-24(21)25-22(29)11-20(32-25)9-17(13-27)23-6-5-18(14-28)30-23/h5-6,8-11,15H,4,7H2,1-3H3. The van der Waals surface area contributed by atoms with E-state index in [1.165, 1.54) is 31.8 Å². The fourth-order valence-electron chi connectivity index (χ4n) is 3.59. The van der Waals surface area contributed by atoms with Gasteiger partial charge in [-0.3, -0.25) is 0 Å². The zero-order valence-electron chi connectivity index (χ0n) is 18.0. The van der Waals surface area contributed by atoms with Crippen molar-refractivity contribution in [2.75, 3.05) is 0 Å². The summed E-state index contributed by atoms with van der Waals surface area (Å²) in [6.07, 6.45) is 4.94. The summed E-state index contributed by atoms with van der Waals surface area (Å²) in [5.41, 5.74) is 3.75. The zero-order chi connectivity index (χ0) is 22.8. The van der Waals surface area contributed by atoms with Gasteiger partial charge < -0.3 is 4.57 Å². The molecule has 158 valence electrons. The zero-order valence-corrected chi connectivity index (χ0v) is 20.4. The number of nitriles is 3. The van der Waals surface area contributed by atoms with Crippen LogP contribution in [0, 0.1) is 39.9 Å². The Kier molecular flexibility index (Phi) is 6.31. The number of allylic oxidation sites excluding steroid dienone is 2. The van der Waals surface area contributed by atoms with Crippen LogP contribution in [0.2, 0.25) is 0 Å². The molecule has 0 bridgehead atoms. The number of nitrogens with zero attached hydrogens (tertiary/aromatic N) is 4. The Morgan fingerprint density at radius 2 is 1.62 bits per heavy atom. The Balaban J connectivity index is 1.84. The molecule has 0 saturated carbocycles. The second-order valence-electron chi connectivity index (χ2n) is 7.69. The van der Waals surface area contributed by atoms with Gasteiger partial charge in [-0.15, -0.1) is 34.0 Å². The van der Waals surface area contributed by atoms with Crippen LogP contribution < -0.4 is 0 Å². The molecule has 0 aromatic carbocycles. The van der Waals surface area contributed by atoms with Crippen molar-refractivity contribution in [3.8, 4) is 18.2 Å². The van der Waals surface area contributed by atoms with Gasteiger partial charge in [0.1, 0.15) is 17.0 Å². The van der Waals surface area contributed by atoms with Crippen LogP contribution in [0.3, 0.4) is 0 Å². The smallest absolute Gasteiger partial charge is 0.110 e. The topological polar surface area (TPSA) is 76.3 Å². The Morgan fingerprint density at radius 3 is 2.12 bits per heavy atom. The first-order valence-electron chi connectivity index (χ1n) is 10.3. The molecule has 4 nitrogen and oxygen atoms in total. The lowest BCUT2D eigenvalue weighted by Crippen LogP contribution is -1.94. The molecule has 7 heteroatoms. The van der Waals surface area contributed by atoms with Crippen LogP contribution in [0.25, 0.3) is 38.2 Å². The fourth-order valence-corrected chi connectivity index (χ4v) is 6.72. The molecule has 0 aliphatic rings. The van der Waals surface area contributed by atoms with E-state index < -0.39 is 0 Å². The monoisotopic (exact) mass is 472 g/mol. The van der Waals surface area contributed by atoms with Crippen molar-refractivity contribution >= 4 is 72.2 Å². The van der Waals surface area contributed by atoms with E-state index in [2.05, 4.69) is 41.8 Å². The van der Waals surface area contributed by atoms with E-state index in [-0.39, 0.29) is 5.92 Å². The van der Waals surface area contributed by atoms with Gasteiger partial charge in [0.25, 0.3) is 0 Å². The van der Waals surface area contributed by atoms with Gasteiger partial charge in [-0.2, -0.15) is 15.8 Å². The molecule has 4 aromatic rings. The average Bonchev–Trinajstić information content (AvgIpc) is 3.54. The summed E-state index contributed by atoms with van der Waals surface area (Å²) in [5.74, 6) is 0.195. The van der Waals surface area contributed by atoms with Gasteiger partial charge in [0.15, 0.2) is 0 Å². The van der Waals surface area contributed by atoms with Gasteiger partial charge in [-0.25, -0.2) is 0 Å². The SMILES string of the molecule is CCCn1c2cc(C=C(C#N)c3ccc(C#N)s3)sc2c2sc(C=C(C#N)C(C)C)cc21. The van der Waals surface area contributed by atoms with Gasteiger partial charge in [0, 0.05) is 26.7 Å². The van der Waals surface area contributed by atoms with Crippen molar-refractivity contribution in [1.29, 1.82) is 15.8 Å². The van der Waals surface area contributed by atoms with E-state index >= 15 is 0 Å². The number of fused-ring (bicyclic) bond motifs is 3. The predicted molar refractivity (Wildman–Crippen MR) is 136 cm³/mol. The van der Waals surface area contributed by atoms with Crippen molar-refractivity contribution < 1.29 is 0 Å². The third-order valence-corrected chi connectivity index (χ3v) is 8.47. The van der Waals surface area contributed by atoms with Crippen LogP contribution in [0.5, 0.6) is 0 Å². The first-order valence-corrected chi connectivity index (χ1v) is 12.7. The molecule has 0 fully saturated rings. The Hall–Kier alpha value is -3.15. The Labute approximate surface area is 199 Å². The van der Waals surface area contributed by atoms with Crippen molar-refractivity contribution in [1.82, 2.24) is 4.57 Å². The number of aryl methyl sites for hydroxylation is 1. The first kappa shape index (κ1) is 22.1. The molecule has 32 heavy (non-hydrogen) atoms. The molecule has 0 aliphatic carbocycles. The summed E-state index contributed by atoms with van der Waals surface area (Å²) < 4.78 is 4.79. The minimum Gasteiger partial charge on any atom is -0.339 e.